The van der Waals surface area contributed by atoms with E-state index in [1.807, 2.05) is 32.0 Å². The summed E-state index contributed by atoms with van der Waals surface area (Å²) in [7, 11) is -1.97. The topological polar surface area (TPSA) is 83.5 Å². The number of methoxy groups -OCH3 is 1. The molecule has 2 aromatic carbocycles. The molecule has 8 nitrogen and oxygen atoms in total. The quantitative estimate of drug-likeness (QED) is 0.181. The molecule has 0 bridgehead atoms. The molecule has 0 heterocycles. The minimum Gasteiger partial charge on any atom is -0.467 e. The van der Waals surface area contributed by atoms with Crippen molar-refractivity contribution in [2.45, 2.75) is 80.3 Å². The van der Waals surface area contributed by atoms with Crippen molar-refractivity contribution in [1.82, 2.24) is 0 Å². The van der Waals surface area contributed by atoms with Crippen LogP contribution in [0.4, 0.5) is 10.5 Å². The summed E-state index contributed by atoms with van der Waals surface area (Å²) in [6, 6.07) is 10.1. The lowest BCUT2D eigenvalue weighted by Gasteiger charge is -2.30. The molecular weight excluding hydrogens is 517 g/mol. The number of ether oxygens (including phenoxy) is 3. The van der Waals surface area contributed by atoms with Crippen LogP contribution in [0.1, 0.15) is 82.2 Å². The number of hydrogen-bond donors (Lipinski definition) is 0. The van der Waals surface area contributed by atoms with Gasteiger partial charge in [-0.15, -0.1) is 0 Å². The fraction of sp³-hybridized carbons (Fsp3) is 0.567. The molecule has 0 saturated heterocycles. The lowest BCUT2D eigenvalue weighted by Crippen LogP contribution is -2.38. The standard InChI is InChI=1S/C30H46NO7P/c1-11-36-39(33,37-12-2)19-31(29(32)38-30(7,8)9)25-15-22(5)27(23(6)16-25)18-24-13-14-28(35-20-34-10)26(17-24)21(3)4/h13-17,21H,11-12,18-20H2,1-10H3. The molecule has 0 aromatic heterocycles. The van der Waals surface area contributed by atoms with Crippen molar-refractivity contribution in [2.75, 3.05) is 38.3 Å². The summed E-state index contributed by atoms with van der Waals surface area (Å²) in [4.78, 5) is 14.7. The van der Waals surface area contributed by atoms with Gasteiger partial charge >= 0.3 is 13.7 Å². The summed E-state index contributed by atoms with van der Waals surface area (Å²) in [6.07, 6.45) is -0.144. The van der Waals surface area contributed by atoms with E-state index in [9.17, 15) is 9.36 Å². The molecule has 0 aliphatic heterocycles. The molecule has 0 atom stereocenters. The Morgan fingerprint density at radius 2 is 1.59 bits per heavy atom. The minimum atomic E-state index is -3.58. The van der Waals surface area contributed by atoms with Crippen LogP contribution in [0.15, 0.2) is 30.3 Å². The third-order valence-electron chi connectivity index (χ3n) is 5.98. The first-order valence-electron chi connectivity index (χ1n) is 13.5. The third kappa shape index (κ3) is 9.64. The molecular formula is C30H46NO7P. The van der Waals surface area contributed by atoms with Crippen molar-refractivity contribution < 1.29 is 32.6 Å². The van der Waals surface area contributed by atoms with Crippen LogP contribution in [0.3, 0.4) is 0 Å². The Morgan fingerprint density at radius 1 is 1.00 bits per heavy atom. The second kappa shape index (κ2) is 14.3. The monoisotopic (exact) mass is 563 g/mol. The van der Waals surface area contributed by atoms with Crippen LogP contribution in [0, 0.1) is 13.8 Å². The van der Waals surface area contributed by atoms with Crippen molar-refractivity contribution >= 4 is 19.4 Å². The molecule has 0 radical (unpaired) electrons. The average Bonchev–Trinajstić information content (AvgIpc) is 2.82. The molecule has 39 heavy (non-hydrogen) atoms. The molecule has 2 aromatic rings. The van der Waals surface area contributed by atoms with E-state index in [0.29, 0.717) is 12.1 Å². The van der Waals surface area contributed by atoms with Gasteiger partial charge in [-0.3, -0.25) is 9.46 Å². The number of benzene rings is 2. The highest BCUT2D eigenvalue weighted by atomic mass is 31.2. The normalized spacial score (nSPS) is 12.1. The highest BCUT2D eigenvalue weighted by Crippen LogP contribution is 2.49. The van der Waals surface area contributed by atoms with E-state index < -0.39 is 19.3 Å². The fourth-order valence-electron chi connectivity index (χ4n) is 4.27. The molecule has 0 saturated carbocycles. The number of anilines is 1. The maximum Gasteiger partial charge on any atom is 0.415 e. The van der Waals surface area contributed by atoms with Gasteiger partial charge in [-0.25, -0.2) is 4.79 Å². The maximum atomic E-state index is 13.4. The first kappa shape index (κ1) is 32.8. The average molecular weight is 564 g/mol. The predicted molar refractivity (Wildman–Crippen MR) is 156 cm³/mol. The van der Waals surface area contributed by atoms with Gasteiger partial charge in [-0.05, 0) is 107 Å². The molecule has 0 aliphatic rings. The zero-order valence-electron chi connectivity index (χ0n) is 25.3. The molecule has 1 amide bonds. The van der Waals surface area contributed by atoms with E-state index in [2.05, 4.69) is 26.0 Å². The van der Waals surface area contributed by atoms with Crippen LogP contribution in [0.25, 0.3) is 0 Å². The Labute approximate surface area is 234 Å². The number of carbonyl (C=O) groups excluding carboxylic acids is 1. The molecule has 9 heteroatoms. The van der Waals surface area contributed by atoms with E-state index in [-0.39, 0.29) is 32.2 Å². The van der Waals surface area contributed by atoms with E-state index >= 15 is 0 Å². The summed E-state index contributed by atoms with van der Waals surface area (Å²) in [5.74, 6) is 1.11. The number of rotatable bonds is 13. The smallest absolute Gasteiger partial charge is 0.415 e. The second-order valence-electron chi connectivity index (χ2n) is 10.8. The maximum absolute atomic E-state index is 13.4. The van der Waals surface area contributed by atoms with Gasteiger partial charge in [0, 0.05) is 12.8 Å². The Balaban J connectivity index is 2.47. The van der Waals surface area contributed by atoms with E-state index in [1.54, 1.807) is 41.7 Å². The number of aryl methyl sites for hydroxylation is 2. The van der Waals surface area contributed by atoms with E-state index in [1.165, 1.54) is 4.90 Å². The summed E-state index contributed by atoms with van der Waals surface area (Å²) in [5.41, 5.74) is 5.29. The van der Waals surface area contributed by atoms with Crippen molar-refractivity contribution in [2.24, 2.45) is 0 Å². The van der Waals surface area contributed by atoms with Gasteiger partial charge in [0.2, 0.25) is 0 Å². The SMILES string of the molecule is CCOP(=O)(CN(C(=O)OC(C)(C)C)c1cc(C)c(Cc2ccc(OCOC)c(C(C)C)c2)c(C)c1)OCC. The number of hydrogen-bond acceptors (Lipinski definition) is 7. The second-order valence-corrected chi connectivity index (χ2v) is 12.8. The van der Waals surface area contributed by atoms with Crippen molar-refractivity contribution in [1.29, 1.82) is 0 Å². The highest BCUT2D eigenvalue weighted by molar-refractivity contribution is 7.54. The van der Waals surface area contributed by atoms with Gasteiger partial charge in [-0.1, -0.05) is 26.0 Å². The zero-order valence-corrected chi connectivity index (χ0v) is 26.1. The van der Waals surface area contributed by atoms with Crippen LogP contribution in [-0.2, 0) is 29.5 Å². The first-order chi connectivity index (χ1) is 18.2. The van der Waals surface area contributed by atoms with Gasteiger partial charge in [-0.2, -0.15) is 0 Å². The molecule has 0 spiro atoms. The Kier molecular flexibility index (Phi) is 12.0. The van der Waals surface area contributed by atoms with Crippen LogP contribution in [0.2, 0.25) is 0 Å². The van der Waals surface area contributed by atoms with Gasteiger partial charge in [0.1, 0.15) is 17.6 Å². The Hall–Kier alpha value is -2.38. The lowest BCUT2D eigenvalue weighted by atomic mass is 9.92. The summed E-state index contributed by atoms with van der Waals surface area (Å²) >= 11 is 0. The number of amides is 1. The largest absolute Gasteiger partial charge is 0.467 e. The zero-order chi connectivity index (χ0) is 29.4. The molecule has 0 unspecified atom stereocenters. The molecule has 0 fully saturated rings. The predicted octanol–water partition coefficient (Wildman–Crippen LogP) is 7.97. The van der Waals surface area contributed by atoms with E-state index in [0.717, 1.165) is 33.6 Å². The third-order valence-corrected chi connectivity index (χ3v) is 7.91. The summed E-state index contributed by atoms with van der Waals surface area (Å²) in [5, 5.41) is 0. The molecule has 218 valence electrons. The van der Waals surface area contributed by atoms with Crippen LogP contribution >= 0.6 is 7.60 Å². The van der Waals surface area contributed by atoms with Crippen molar-refractivity contribution in [3.8, 4) is 5.75 Å². The summed E-state index contributed by atoms with van der Waals surface area (Å²) < 4.78 is 40.9. The van der Waals surface area contributed by atoms with Crippen LogP contribution in [0.5, 0.6) is 5.75 Å². The summed E-state index contributed by atoms with van der Waals surface area (Å²) in [6.45, 7) is 17.8. The molecule has 0 aliphatic carbocycles. The Morgan fingerprint density at radius 3 is 2.08 bits per heavy atom. The van der Waals surface area contributed by atoms with E-state index in [4.69, 9.17) is 23.3 Å². The Bertz CT molecular complexity index is 1120. The van der Waals surface area contributed by atoms with Gasteiger partial charge in [0.05, 0.1) is 13.2 Å². The molecule has 0 N–H and O–H groups in total. The van der Waals surface area contributed by atoms with Crippen molar-refractivity contribution in [3.63, 3.8) is 0 Å². The molecule has 2 rings (SSSR count). The van der Waals surface area contributed by atoms with Gasteiger partial charge in [0.25, 0.3) is 0 Å². The first-order valence-corrected chi connectivity index (χ1v) is 15.2. The minimum absolute atomic E-state index is 0.199. The van der Waals surface area contributed by atoms with Gasteiger partial charge in [0.15, 0.2) is 6.79 Å². The highest BCUT2D eigenvalue weighted by Gasteiger charge is 2.33. The lowest BCUT2D eigenvalue weighted by molar-refractivity contribution is 0.0502. The van der Waals surface area contributed by atoms with Gasteiger partial charge < -0.3 is 23.3 Å². The fourth-order valence-corrected chi connectivity index (χ4v) is 5.92. The van der Waals surface area contributed by atoms with Crippen LogP contribution in [-0.4, -0.2) is 45.1 Å². The van der Waals surface area contributed by atoms with Crippen molar-refractivity contribution in [3.05, 3.63) is 58.1 Å². The number of carbonyl (C=O) groups is 1. The number of nitrogens with zero attached hydrogens (tertiary/aromatic N) is 1. The van der Waals surface area contributed by atoms with Crippen LogP contribution < -0.4 is 9.64 Å².